The molecular formula is C13H12N4O2S. The second kappa shape index (κ2) is 5.01. The van der Waals surface area contributed by atoms with Crippen molar-refractivity contribution in [3.05, 3.63) is 36.2 Å². The Hall–Kier alpha value is -2.28. The number of nitrogens with zero attached hydrogens (tertiary/aromatic N) is 3. The first-order valence-corrected chi connectivity index (χ1v) is 6.89. The summed E-state index contributed by atoms with van der Waals surface area (Å²) in [6.45, 7) is 2.11. The van der Waals surface area contributed by atoms with Gasteiger partial charge in [0.15, 0.2) is 5.69 Å². The van der Waals surface area contributed by atoms with Crippen LogP contribution < -0.4 is 10.2 Å². The molecule has 1 atom stereocenters. The lowest BCUT2D eigenvalue weighted by Gasteiger charge is -2.22. The summed E-state index contributed by atoms with van der Waals surface area (Å²) < 4.78 is 7.82. The Labute approximate surface area is 119 Å². The fourth-order valence-corrected chi connectivity index (χ4v) is 2.52. The van der Waals surface area contributed by atoms with E-state index in [0.717, 1.165) is 11.7 Å². The molecule has 6 nitrogen and oxygen atoms in total. The van der Waals surface area contributed by atoms with Gasteiger partial charge in [0.2, 0.25) is 5.91 Å². The molecule has 3 rings (SSSR count). The number of carbonyl (C=O) groups excluding carboxylic acids is 2. The molecule has 1 aliphatic rings. The van der Waals surface area contributed by atoms with Gasteiger partial charge >= 0.3 is 0 Å². The number of rotatable bonds is 1. The molecule has 0 bridgehead atoms. The molecule has 1 aliphatic heterocycles. The van der Waals surface area contributed by atoms with Gasteiger partial charge in [-0.15, -0.1) is 0 Å². The summed E-state index contributed by atoms with van der Waals surface area (Å²) in [6, 6.07) is 7.25. The van der Waals surface area contributed by atoms with Gasteiger partial charge in [-0.2, -0.15) is 8.75 Å². The number of nitrogens with one attached hydrogen (secondary N) is 1. The maximum absolute atomic E-state index is 12.5. The van der Waals surface area contributed by atoms with E-state index in [4.69, 9.17) is 0 Å². The van der Waals surface area contributed by atoms with Gasteiger partial charge in [-0.05, 0) is 12.1 Å². The molecule has 2 amide bonds. The summed E-state index contributed by atoms with van der Waals surface area (Å²) in [5.74, 6) is -0.628. The van der Waals surface area contributed by atoms with E-state index in [0.29, 0.717) is 23.6 Å². The fourth-order valence-electron chi connectivity index (χ4n) is 2.12. The van der Waals surface area contributed by atoms with Crippen LogP contribution in [-0.4, -0.2) is 27.1 Å². The van der Waals surface area contributed by atoms with Crippen molar-refractivity contribution < 1.29 is 9.59 Å². The van der Waals surface area contributed by atoms with E-state index in [1.54, 1.807) is 17.9 Å². The van der Waals surface area contributed by atoms with Crippen molar-refractivity contribution in [2.24, 2.45) is 5.92 Å². The number of fused-ring (bicyclic) bond motifs is 1. The number of carbonyl (C=O) groups is 2. The van der Waals surface area contributed by atoms with Gasteiger partial charge in [-0.3, -0.25) is 9.59 Å². The number of hydrogen-bond donors (Lipinski definition) is 1. The Morgan fingerprint density at radius 1 is 1.45 bits per heavy atom. The normalized spacial score (nSPS) is 18.1. The van der Waals surface area contributed by atoms with Gasteiger partial charge < -0.3 is 10.2 Å². The van der Waals surface area contributed by atoms with E-state index < -0.39 is 0 Å². The Balaban J connectivity index is 2.05. The van der Waals surface area contributed by atoms with Gasteiger partial charge in [0.25, 0.3) is 5.91 Å². The quantitative estimate of drug-likeness (QED) is 0.867. The van der Waals surface area contributed by atoms with Crippen molar-refractivity contribution in [1.82, 2.24) is 8.75 Å². The first-order chi connectivity index (χ1) is 9.66. The van der Waals surface area contributed by atoms with Crippen LogP contribution in [0.5, 0.6) is 0 Å². The second-order valence-corrected chi connectivity index (χ2v) is 5.17. The van der Waals surface area contributed by atoms with Crippen LogP contribution in [-0.2, 0) is 4.79 Å². The SMILES string of the molecule is C[C@@H]1CN(C(=O)c2cnsn2)c2ccccc2NC1=O. The molecule has 0 saturated carbocycles. The average Bonchev–Trinajstić information content (AvgIpc) is 2.94. The fraction of sp³-hybridized carbons (Fsp3) is 0.231. The maximum Gasteiger partial charge on any atom is 0.279 e. The highest BCUT2D eigenvalue weighted by molar-refractivity contribution is 6.99. The molecule has 0 unspecified atom stereocenters. The van der Waals surface area contributed by atoms with Crippen LogP contribution in [0.1, 0.15) is 17.4 Å². The van der Waals surface area contributed by atoms with E-state index in [2.05, 4.69) is 14.1 Å². The zero-order valence-corrected chi connectivity index (χ0v) is 11.6. The van der Waals surface area contributed by atoms with Crippen molar-refractivity contribution >= 4 is 34.9 Å². The second-order valence-electron chi connectivity index (χ2n) is 4.62. The van der Waals surface area contributed by atoms with Crippen LogP contribution in [0.25, 0.3) is 0 Å². The zero-order chi connectivity index (χ0) is 14.1. The van der Waals surface area contributed by atoms with Gasteiger partial charge in [-0.25, -0.2) is 0 Å². The van der Waals surface area contributed by atoms with Crippen molar-refractivity contribution in [2.45, 2.75) is 6.92 Å². The number of amides is 2. The standard InChI is InChI=1S/C13H12N4O2S/c1-8-7-17(13(19)10-6-14-20-16-10)11-5-3-2-4-9(11)15-12(8)18/h2-6,8H,7H2,1H3,(H,15,18)/t8-/m1/s1. The van der Waals surface area contributed by atoms with Crippen molar-refractivity contribution in [3.63, 3.8) is 0 Å². The highest BCUT2D eigenvalue weighted by Crippen LogP contribution is 2.30. The lowest BCUT2D eigenvalue weighted by atomic mass is 10.1. The van der Waals surface area contributed by atoms with Gasteiger partial charge in [0.05, 0.1) is 35.2 Å². The summed E-state index contributed by atoms with van der Waals surface area (Å²) in [5.41, 5.74) is 1.62. The van der Waals surface area contributed by atoms with Crippen LogP contribution in [0.2, 0.25) is 0 Å². The molecule has 102 valence electrons. The lowest BCUT2D eigenvalue weighted by Crippen LogP contribution is -2.36. The average molecular weight is 288 g/mol. The van der Waals surface area contributed by atoms with E-state index >= 15 is 0 Å². The maximum atomic E-state index is 12.5. The van der Waals surface area contributed by atoms with Crippen LogP contribution in [0.15, 0.2) is 30.5 Å². The largest absolute Gasteiger partial charge is 0.324 e. The lowest BCUT2D eigenvalue weighted by molar-refractivity contribution is -0.119. The monoisotopic (exact) mass is 288 g/mol. The molecule has 0 fully saturated rings. The van der Waals surface area contributed by atoms with Gasteiger partial charge in [0.1, 0.15) is 0 Å². The third-order valence-electron chi connectivity index (χ3n) is 3.18. The minimum absolute atomic E-state index is 0.0934. The molecule has 1 aromatic heterocycles. The van der Waals surface area contributed by atoms with E-state index in [1.807, 2.05) is 18.2 Å². The highest BCUT2D eigenvalue weighted by Gasteiger charge is 2.29. The number of benzene rings is 1. The predicted molar refractivity (Wildman–Crippen MR) is 75.8 cm³/mol. The molecule has 0 radical (unpaired) electrons. The molecule has 0 aliphatic carbocycles. The van der Waals surface area contributed by atoms with Crippen LogP contribution in [0.4, 0.5) is 11.4 Å². The Morgan fingerprint density at radius 2 is 2.25 bits per heavy atom. The summed E-state index contributed by atoms with van der Waals surface area (Å²) in [6.07, 6.45) is 1.44. The first-order valence-electron chi connectivity index (χ1n) is 6.16. The third kappa shape index (κ3) is 2.16. The van der Waals surface area contributed by atoms with Crippen molar-refractivity contribution in [3.8, 4) is 0 Å². The van der Waals surface area contributed by atoms with Gasteiger partial charge in [0, 0.05) is 6.54 Å². The van der Waals surface area contributed by atoms with E-state index in [1.165, 1.54) is 6.20 Å². The molecular weight excluding hydrogens is 276 g/mol. The summed E-state index contributed by atoms with van der Waals surface area (Å²) >= 11 is 0.990. The number of aromatic nitrogens is 2. The number of hydrogen-bond acceptors (Lipinski definition) is 5. The molecule has 0 saturated heterocycles. The number of para-hydroxylation sites is 2. The minimum Gasteiger partial charge on any atom is -0.324 e. The van der Waals surface area contributed by atoms with Gasteiger partial charge in [-0.1, -0.05) is 19.1 Å². The van der Waals surface area contributed by atoms with Crippen molar-refractivity contribution in [1.29, 1.82) is 0 Å². The topological polar surface area (TPSA) is 75.2 Å². The van der Waals surface area contributed by atoms with Crippen molar-refractivity contribution in [2.75, 3.05) is 16.8 Å². The van der Waals surface area contributed by atoms with E-state index in [9.17, 15) is 9.59 Å². The summed E-state index contributed by atoms with van der Waals surface area (Å²) in [5, 5.41) is 2.84. The summed E-state index contributed by atoms with van der Waals surface area (Å²) in [4.78, 5) is 26.1. The molecule has 2 aromatic rings. The smallest absolute Gasteiger partial charge is 0.279 e. The highest BCUT2D eigenvalue weighted by atomic mass is 32.1. The summed E-state index contributed by atoms with van der Waals surface area (Å²) in [7, 11) is 0. The Bertz CT molecular complexity index is 656. The molecule has 0 spiro atoms. The zero-order valence-electron chi connectivity index (χ0n) is 10.7. The Kier molecular flexibility index (Phi) is 3.19. The van der Waals surface area contributed by atoms with Crippen LogP contribution in [0.3, 0.4) is 0 Å². The first kappa shape index (κ1) is 12.7. The van der Waals surface area contributed by atoms with Crippen LogP contribution >= 0.6 is 11.7 Å². The molecule has 2 heterocycles. The molecule has 1 aromatic carbocycles. The molecule has 7 heteroatoms. The molecule has 1 N–H and O–H groups in total. The van der Waals surface area contributed by atoms with Crippen LogP contribution in [0, 0.1) is 5.92 Å². The number of anilines is 2. The predicted octanol–water partition coefficient (Wildman–Crippen LogP) is 1.77. The molecule has 20 heavy (non-hydrogen) atoms. The minimum atomic E-state index is -0.294. The third-order valence-corrected chi connectivity index (χ3v) is 3.66. The van der Waals surface area contributed by atoms with E-state index in [-0.39, 0.29) is 17.7 Å². The Morgan fingerprint density at radius 3 is 3.00 bits per heavy atom.